The monoisotopic (exact) mass is 1100 g/mol. The molecular formula is C54H42Cl2N6O8S4. The van der Waals surface area contributed by atoms with Crippen LogP contribution in [0.25, 0.3) is 32.9 Å². The Bertz CT molecular complexity index is 3860. The van der Waals surface area contributed by atoms with Crippen molar-refractivity contribution in [3.63, 3.8) is 0 Å². The number of pyridine rings is 2. The molecule has 0 aliphatic rings. The molecule has 374 valence electrons. The van der Waals surface area contributed by atoms with E-state index in [1.165, 1.54) is 70.8 Å². The molecule has 0 unspecified atom stereocenters. The summed E-state index contributed by atoms with van der Waals surface area (Å²) in [6, 6.07) is 38.6. The molecule has 10 aromatic rings. The van der Waals surface area contributed by atoms with Crippen LogP contribution in [0.15, 0.2) is 197 Å². The molecule has 0 radical (unpaired) electrons. The van der Waals surface area contributed by atoms with E-state index in [4.69, 9.17) is 32.0 Å². The molecule has 0 saturated heterocycles. The van der Waals surface area contributed by atoms with E-state index in [0.717, 1.165) is 31.2 Å². The highest BCUT2D eigenvalue weighted by atomic mass is 35.5. The van der Waals surface area contributed by atoms with E-state index in [1.807, 2.05) is 65.4 Å². The van der Waals surface area contributed by atoms with Crippen LogP contribution in [0.5, 0.6) is 0 Å². The number of furan rings is 2. The number of thiophene rings is 2. The highest BCUT2D eigenvalue weighted by Crippen LogP contribution is 2.34. The number of sulfonamides is 1. The standard InChI is InChI=1S/C54H42Cl2N6O8S4/c55-38-13-9-33(10-14-38)51(59-73-41-15-17-47-34(24-41)11-19-49(63)57-47)53(65)62(29-42-6-4-22-71-42)28-40-23-36(31-70-40)37-25-43(72-32-37)30-61(27-39-5-3-21-69-39)54(66)52(45-7-1-2-8-46(45)56)60-74(67,68)44-16-18-48-35(26-44)12-20-50(64)58-48/h1-26,31-32,51-52,59-60H,27-30H2,(H,57,63)(H,58,64)/t51-,52-/m0/s1. The Kier molecular flexibility index (Phi) is 15.2. The first-order chi connectivity index (χ1) is 35.8. The summed E-state index contributed by atoms with van der Waals surface area (Å²) in [7, 11) is -4.36. The third-order valence-corrected chi connectivity index (χ3v) is 16.6. The summed E-state index contributed by atoms with van der Waals surface area (Å²) in [4.78, 5) is 64.9. The fourth-order valence-electron chi connectivity index (χ4n) is 8.29. The second kappa shape index (κ2) is 22.2. The highest BCUT2D eigenvalue weighted by Gasteiger charge is 2.34. The predicted octanol–water partition coefficient (Wildman–Crippen LogP) is 11.5. The predicted molar refractivity (Wildman–Crippen MR) is 290 cm³/mol. The summed E-state index contributed by atoms with van der Waals surface area (Å²) in [6.07, 6.45) is 3.13. The van der Waals surface area contributed by atoms with Crippen molar-refractivity contribution in [1.29, 1.82) is 0 Å². The van der Waals surface area contributed by atoms with Crippen LogP contribution < -0.4 is 20.6 Å². The number of hydrogen-bond acceptors (Lipinski definition) is 12. The molecule has 0 aliphatic carbocycles. The fourth-order valence-corrected chi connectivity index (χ4v) is 12.3. The largest absolute Gasteiger partial charge is 0.467 e. The lowest BCUT2D eigenvalue weighted by molar-refractivity contribution is -0.135. The van der Waals surface area contributed by atoms with E-state index in [9.17, 15) is 27.6 Å². The molecule has 4 N–H and O–H groups in total. The normalized spacial score (nSPS) is 12.5. The van der Waals surface area contributed by atoms with E-state index in [0.29, 0.717) is 45.1 Å². The summed E-state index contributed by atoms with van der Waals surface area (Å²) in [5.41, 5.74) is 3.15. The van der Waals surface area contributed by atoms with Gasteiger partial charge in [0.15, 0.2) is 0 Å². The molecule has 6 heterocycles. The molecule has 0 bridgehead atoms. The van der Waals surface area contributed by atoms with Crippen molar-refractivity contribution < 1.29 is 26.8 Å². The van der Waals surface area contributed by atoms with Crippen molar-refractivity contribution in [2.24, 2.45) is 0 Å². The number of benzene rings is 4. The number of hydrogen-bond donors (Lipinski definition) is 4. The van der Waals surface area contributed by atoms with E-state index in [-0.39, 0.29) is 52.1 Å². The topological polar surface area (TPSA) is 191 Å². The zero-order chi connectivity index (χ0) is 51.3. The Labute approximate surface area is 445 Å². The number of carbonyl (C=O) groups excluding carboxylic acids is 2. The summed E-state index contributed by atoms with van der Waals surface area (Å²) < 4.78 is 46.2. The van der Waals surface area contributed by atoms with Gasteiger partial charge in [0.25, 0.3) is 0 Å². The summed E-state index contributed by atoms with van der Waals surface area (Å²) in [6.45, 7) is 0.519. The number of nitrogens with one attached hydrogen (secondary N) is 4. The number of carbonyl (C=O) groups is 2. The Morgan fingerprint density at radius 1 is 0.649 bits per heavy atom. The molecule has 10 rings (SSSR count). The van der Waals surface area contributed by atoms with Gasteiger partial charge in [0.05, 0.1) is 43.6 Å². The molecule has 0 saturated carbocycles. The first-order valence-electron chi connectivity index (χ1n) is 22.8. The lowest BCUT2D eigenvalue weighted by Gasteiger charge is -2.28. The number of fused-ring (bicyclic) bond motifs is 2. The Hall–Kier alpha value is -7.00. The molecule has 2 atom stereocenters. The molecule has 4 aromatic carbocycles. The van der Waals surface area contributed by atoms with Crippen molar-refractivity contribution in [2.75, 3.05) is 0 Å². The number of nitrogens with zero attached hydrogens (tertiary/aromatic N) is 2. The van der Waals surface area contributed by atoms with Crippen molar-refractivity contribution >= 4 is 101 Å². The van der Waals surface area contributed by atoms with Crippen LogP contribution in [-0.4, -0.2) is 40.0 Å². The average Bonchev–Trinajstić information content (AvgIpc) is 4.26. The molecule has 0 fully saturated rings. The van der Waals surface area contributed by atoms with Crippen molar-refractivity contribution in [1.82, 2.24) is 29.2 Å². The lowest BCUT2D eigenvalue weighted by Crippen LogP contribution is -2.42. The number of aromatic nitrogens is 2. The summed E-state index contributed by atoms with van der Waals surface area (Å²) in [5.74, 6) is 0.217. The second-order valence-corrected chi connectivity index (χ2v) is 22.6. The van der Waals surface area contributed by atoms with Crippen molar-refractivity contribution in [3.8, 4) is 11.1 Å². The van der Waals surface area contributed by atoms with Gasteiger partial charge in [-0.05, 0) is 147 Å². The molecule has 6 aromatic heterocycles. The molecule has 74 heavy (non-hydrogen) atoms. The number of aromatic amines is 2. The van der Waals surface area contributed by atoms with Crippen LogP contribution in [0.1, 0.15) is 44.5 Å². The molecule has 0 aliphatic heterocycles. The van der Waals surface area contributed by atoms with Gasteiger partial charge in [-0.1, -0.05) is 59.6 Å². The van der Waals surface area contributed by atoms with Crippen LogP contribution in [0.3, 0.4) is 0 Å². The Morgan fingerprint density at radius 2 is 1.35 bits per heavy atom. The maximum absolute atomic E-state index is 15.0. The van der Waals surface area contributed by atoms with Gasteiger partial charge in [-0.2, -0.15) is 4.72 Å². The fraction of sp³-hybridized carbons (Fsp3) is 0.111. The highest BCUT2D eigenvalue weighted by molar-refractivity contribution is 7.97. The van der Waals surface area contributed by atoms with Gasteiger partial charge in [0, 0.05) is 53.4 Å². The maximum Gasteiger partial charge on any atom is 0.248 e. The molecule has 2 amide bonds. The van der Waals surface area contributed by atoms with Gasteiger partial charge in [-0.15, -0.1) is 22.7 Å². The smallest absolute Gasteiger partial charge is 0.248 e. The molecule has 0 spiro atoms. The number of rotatable bonds is 19. The summed E-state index contributed by atoms with van der Waals surface area (Å²) >= 11 is 17.3. The molecule has 14 nitrogen and oxygen atoms in total. The first-order valence-corrected chi connectivity index (χ1v) is 27.6. The van der Waals surface area contributed by atoms with Crippen LogP contribution >= 0.6 is 57.8 Å². The second-order valence-electron chi connectivity index (χ2n) is 17.1. The Balaban J connectivity index is 0.900. The van der Waals surface area contributed by atoms with Crippen LogP contribution in [-0.2, 0) is 45.8 Å². The van der Waals surface area contributed by atoms with E-state index in [2.05, 4.69) is 19.4 Å². The van der Waals surface area contributed by atoms with Gasteiger partial charge in [-0.3, -0.25) is 19.2 Å². The quantitative estimate of drug-likeness (QED) is 0.0567. The van der Waals surface area contributed by atoms with Crippen molar-refractivity contribution in [2.45, 2.75) is 48.1 Å². The zero-order valence-corrected chi connectivity index (χ0v) is 43.5. The van der Waals surface area contributed by atoms with Crippen LogP contribution in [0, 0.1) is 0 Å². The van der Waals surface area contributed by atoms with Gasteiger partial charge >= 0.3 is 0 Å². The van der Waals surface area contributed by atoms with Gasteiger partial charge in [-0.25, -0.2) is 13.1 Å². The molecular weight excluding hydrogens is 1060 g/mol. The SMILES string of the molecule is O=C([C@@H](NSc1ccc2[nH]c(=O)ccc2c1)c1ccc(Cl)cc1)N(Cc1cc(-c2csc(CN(Cc3ccco3)C(=O)[C@@H](NS(=O)(=O)c3ccc4[nH]c(=O)ccc4c3)c3ccccc3Cl)c2)co1)Cc1cccs1. The van der Waals surface area contributed by atoms with E-state index in [1.54, 1.807) is 77.1 Å². The average molecular weight is 1100 g/mol. The Morgan fingerprint density at radius 3 is 2.07 bits per heavy atom. The third-order valence-electron chi connectivity index (χ3n) is 12.0. The summed E-state index contributed by atoms with van der Waals surface area (Å²) in [5, 5.41) is 5.96. The minimum atomic E-state index is -4.36. The first kappa shape index (κ1) is 50.5. The van der Waals surface area contributed by atoms with Crippen molar-refractivity contribution in [3.05, 3.63) is 232 Å². The van der Waals surface area contributed by atoms with Gasteiger partial charge < -0.3 is 28.6 Å². The maximum atomic E-state index is 15.0. The zero-order valence-electron chi connectivity index (χ0n) is 38.7. The third kappa shape index (κ3) is 11.8. The van der Waals surface area contributed by atoms with Crippen LogP contribution in [0.2, 0.25) is 10.0 Å². The minimum absolute atomic E-state index is 0.00370. The van der Waals surface area contributed by atoms with E-state index < -0.39 is 28.0 Å². The molecule has 20 heteroatoms. The minimum Gasteiger partial charge on any atom is -0.467 e. The number of amides is 2. The van der Waals surface area contributed by atoms with E-state index >= 15 is 0 Å². The lowest BCUT2D eigenvalue weighted by atomic mass is 10.1. The number of halogens is 2. The van der Waals surface area contributed by atoms with Gasteiger partial charge in [0.2, 0.25) is 33.0 Å². The van der Waals surface area contributed by atoms with Crippen LogP contribution in [0.4, 0.5) is 0 Å². The number of H-pyrrole nitrogens is 2. The van der Waals surface area contributed by atoms with Gasteiger partial charge in [0.1, 0.15) is 23.6 Å².